The number of hydrogen-bond acceptors (Lipinski definition) is 8. The molecule has 0 unspecified atom stereocenters. The number of thioether (sulfide) groups is 1. The summed E-state index contributed by atoms with van der Waals surface area (Å²) in [4.78, 5) is 27.1. The van der Waals surface area contributed by atoms with Gasteiger partial charge in [0.15, 0.2) is 5.96 Å². The Bertz CT molecular complexity index is 843. The normalized spacial score (nSPS) is 11.5. The van der Waals surface area contributed by atoms with E-state index in [-0.39, 0.29) is 11.8 Å². The summed E-state index contributed by atoms with van der Waals surface area (Å²) in [6, 6.07) is 0. The molecule has 0 aliphatic rings. The Morgan fingerprint density at radius 1 is 1.21 bits per heavy atom. The fraction of sp³-hybridized carbons (Fsp3) is 0.250. The zero-order chi connectivity index (χ0) is 21.7. The van der Waals surface area contributed by atoms with Crippen molar-refractivity contribution in [2.45, 2.75) is 12.2 Å². The predicted octanol–water partition coefficient (Wildman–Crippen LogP) is -1.06. The third-order valence-corrected chi connectivity index (χ3v) is 4.39. The highest BCUT2D eigenvalue weighted by Gasteiger charge is 2.04. The molecule has 16 heteroatoms. The molecule has 1 aromatic heterocycles. The van der Waals surface area contributed by atoms with Gasteiger partial charge in [-0.1, -0.05) is 0 Å². The lowest BCUT2D eigenvalue weighted by molar-refractivity contribution is -0.134. The maximum atomic E-state index is 10.6. The molecule has 1 rings (SSSR count). The number of nitrogens with zero attached hydrogens (tertiary/aromatic N) is 3. The molecule has 10 N–H and O–H groups in total. The van der Waals surface area contributed by atoms with Gasteiger partial charge in [-0.15, -0.1) is 15.7 Å². The zero-order valence-corrected chi connectivity index (χ0v) is 16.7. The van der Waals surface area contributed by atoms with E-state index >= 15 is 0 Å². The Hall–Kier alpha value is -2.69. The number of aliphatic imine (C=N–C) groups is 1. The molecule has 0 saturated heterocycles. The molecule has 0 saturated carbocycles. The van der Waals surface area contributed by atoms with Crippen molar-refractivity contribution >= 4 is 62.2 Å². The Kier molecular flexibility index (Phi) is 11.4. The first-order valence-corrected chi connectivity index (χ1v) is 10.6. The average Bonchev–Trinajstić information content (AvgIpc) is 2.95. The number of nitrogens with two attached hydrogens (primary N) is 4. The summed E-state index contributed by atoms with van der Waals surface area (Å²) in [5, 5.41) is 22.7. The highest BCUT2D eigenvalue weighted by molar-refractivity contribution is 7.98. The van der Waals surface area contributed by atoms with Gasteiger partial charge in [0.25, 0.3) is 0 Å². The van der Waals surface area contributed by atoms with Crippen LogP contribution in [0.3, 0.4) is 0 Å². The fourth-order valence-corrected chi connectivity index (χ4v) is 3.31. The lowest BCUT2D eigenvalue weighted by atomic mass is 10.5. The SMILES string of the molecule is NC(N)=Nc1nc(CSCCC(N)=NS(N)(=O)=O)cs1.O=C(O)/C=C\C(=O)O. The van der Waals surface area contributed by atoms with E-state index in [9.17, 15) is 18.0 Å². The second-order valence-electron chi connectivity index (χ2n) is 4.57. The molecule has 1 aromatic rings. The highest BCUT2D eigenvalue weighted by Crippen LogP contribution is 2.21. The molecule has 156 valence electrons. The number of thiazole rings is 1. The predicted molar refractivity (Wildman–Crippen MR) is 108 cm³/mol. The van der Waals surface area contributed by atoms with Crippen LogP contribution in [-0.2, 0) is 25.6 Å². The van der Waals surface area contributed by atoms with Crippen LogP contribution in [-0.4, -0.2) is 53.1 Å². The number of aromatic nitrogens is 1. The van der Waals surface area contributed by atoms with Gasteiger partial charge >= 0.3 is 22.1 Å². The number of guanidine groups is 1. The van der Waals surface area contributed by atoms with E-state index in [4.69, 9.17) is 32.6 Å². The van der Waals surface area contributed by atoms with Crippen LogP contribution in [0.2, 0.25) is 0 Å². The number of amidine groups is 1. The van der Waals surface area contributed by atoms with Gasteiger partial charge in [-0.3, -0.25) is 0 Å². The number of carboxylic acid groups (broad SMARTS) is 2. The van der Waals surface area contributed by atoms with Gasteiger partial charge in [0.1, 0.15) is 5.84 Å². The van der Waals surface area contributed by atoms with Gasteiger partial charge < -0.3 is 27.4 Å². The Morgan fingerprint density at radius 2 is 1.79 bits per heavy atom. The van der Waals surface area contributed by atoms with Gasteiger partial charge in [-0.25, -0.2) is 19.7 Å². The third kappa shape index (κ3) is 15.6. The summed E-state index contributed by atoms with van der Waals surface area (Å²) < 4.78 is 24.5. The third-order valence-electron chi connectivity index (χ3n) is 2.13. The lowest BCUT2D eigenvalue weighted by Gasteiger charge is -1.99. The van der Waals surface area contributed by atoms with Crippen LogP contribution in [0.4, 0.5) is 5.13 Å². The second-order valence-corrected chi connectivity index (χ2v) is 7.72. The van der Waals surface area contributed by atoms with Crippen molar-refractivity contribution in [1.29, 1.82) is 0 Å². The van der Waals surface area contributed by atoms with Gasteiger partial charge in [-0.05, 0) is 0 Å². The molecule has 0 bridgehead atoms. The monoisotopic (exact) mass is 453 g/mol. The van der Waals surface area contributed by atoms with E-state index in [2.05, 4.69) is 14.4 Å². The van der Waals surface area contributed by atoms with Gasteiger partial charge in [0, 0.05) is 35.5 Å². The van der Waals surface area contributed by atoms with Gasteiger partial charge in [0.05, 0.1) is 5.69 Å². The molecule has 1 heterocycles. The molecular formula is C12H19N7O6S3. The molecular weight excluding hydrogens is 434 g/mol. The Labute approximate surface area is 168 Å². The number of hydrogen-bond donors (Lipinski definition) is 6. The van der Waals surface area contributed by atoms with Crippen LogP contribution >= 0.6 is 23.1 Å². The topological polar surface area (TPSA) is 250 Å². The molecule has 0 aliphatic carbocycles. The number of carbonyl (C=O) groups is 2. The average molecular weight is 454 g/mol. The maximum Gasteiger partial charge on any atom is 0.328 e. The first-order chi connectivity index (χ1) is 12.9. The molecule has 0 radical (unpaired) electrons. The van der Waals surface area contributed by atoms with Crippen LogP contribution in [0.25, 0.3) is 0 Å². The summed E-state index contributed by atoms with van der Waals surface area (Å²) in [5.74, 6) is -1.33. The van der Waals surface area contributed by atoms with E-state index in [0.29, 0.717) is 35.2 Å². The van der Waals surface area contributed by atoms with E-state index in [1.165, 1.54) is 23.1 Å². The zero-order valence-electron chi connectivity index (χ0n) is 14.3. The minimum atomic E-state index is -3.92. The van der Waals surface area contributed by atoms with Crippen LogP contribution in [0.15, 0.2) is 26.9 Å². The molecule has 13 nitrogen and oxygen atoms in total. The quantitative estimate of drug-likeness (QED) is 0.114. The fourth-order valence-electron chi connectivity index (χ4n) is 1.23. The maximum absolute atomic E-state index is 10.6. The summed E-state index contributed by atoms with van der Waals surface area (Å²) in [5.41, 5.74) is 16.7. The molecule has 0 spiro atoms. The summed E-state index contributed by atoms with van der Waals surface area (Å²) >= 11 is 2.86. The molecule has 0 aliphatic heterocycles. The summed E-state index contributed by atoms with van der Waals surface area (Å²) in [6.45, 7) is 0. The van der Waals surface area contributed by atoms with Crippen LogP contribution < -0.4 is 22.3 Å². The van der Waals surface area contributed by atoms with Crippen molar-refractivity contribution in [3.05, 3.63) is 23.2 Å². The van der Waals surface area contributed by atoms with Crippen LogP contribution in [0.1, 0.15) is 12.1 Å². The molecule has 0 atom stereocenters. The van der Waals surface area contributed by atoms with Crippen molar-refractivity contribution < 1.29 is 28.2 Å². The van der Waals surface area contributed by atoms with Crippen molar-refractivity contribution in [3.8, 4) is 0 Å². The van der Waals surface area contributed by atoms with Gasteiger partial charge in [0.2, 0.25) is 5.13 Å². The molecule has 0 fully saturated rings. The van der Waals surface area contributed by atoms with Crippen LogP contribution in [0, 0.1) is 0 Å². The van der Waals surface area contributed by atoms with Crippen molar-refractivity contribution in [1.82, 2.24) is 4.98 Å². The van der Waals surface area contributed by atoms with E-state index in [0.717, 1.165) is 5.69 Å². The minimum absolute atomic E-state index is 0.0144. The molecule has 28 heavy (non-hydrogen) atoms. The molecule has 0 amide bonds. The molecule has 0 aromatic carbocycles. The first kappa shape index (κ1) is 25.3. The number of carboxylic acids is 2. The number of rotatable bonds is 9. The van der Waals surface area contributed by atoms with Crippen molar-refractivity contribution in [3.63, 3.8) is 0 Å². The summed E-state index contributed by atoms with van der Waals surface area (Å²) in [7, 11) is -3.92. The van der Waals surface area contributed by atoms with Crippen molar-refractivity contribution in [2.75, 3.05) is 5.75 Å². The smallest absolute Gasteiger partial charge is 0.328 e. The first-order valence-electron chi connectivity index (χ1n) is 7.01. The van der Waals surface area contributed by atoms with E-state index in [1.807, 2.05) is 5.38 Å². The summed E-state index contributed by atoms with van der Waals surface area (Å²) in [6.07, 6.45) is 1.44. The van der Waals surface area contributed by atoms with E-state index in [1.54, 1.807) is 0 Å². The van der Waals surface area contributed by atoms with E-state index < -0.39 is 22.1 Å². The van der Waals surface area contributed by atoms with Crippen molar-refractivity contribution in [2.24, 2.45) is 31.7 Å². The Morgan fingerprint density at radius 3 is 2.25 bits per heavy atom. The van der Waals surface area contributed by atoms with Crippen LogP contribution in [0.5, 0.6) is 0 Å². The number of aliphatic carboxylic acids is 2. The second kappa shape index (κ2) is 12.7. The largest absolute Gasteiger partial charge is 0.478 e. The Balaban J connectivity index is 0.000000769. The lowest BCUT2D eigenvalue weighted by Crippen LogP contribution is -2.21. The van der Waals surface area contributed by atoms with Gasteiger partial charge in [-0.2, -0.15) is 25.2 Å². The minimum Gasteiger partial charge on any atom is -0.478 e. The standard InChI is InChI=1S/C8H15N7O2S3.C4H4O4/c9-6(15-20(12,16)17)1-2-18-3-5-4-19-8(13-5)14-7(10)11;5-3(6)1-2-4(7)8/h4H,1-3H2,(H2,9,15)(H2,12,16,17)(H4,10,11,13,14);1-2H,(H,5,6)(H,7,8)/b;2-1-. The highest BCUT2D eigenvalue weighted by atomic mass is 32.2.